The maximum absolute atomic E-state index is 12.9. The third-order valence-electron chi connectivity index (χ3n) is 3.72. The predicted molar refractivity (Wildman–Crippen MR) is 99.3 cm³/mol. The van der Waals surface area contributed by atoms with Gasteiger partial charge in [-0.25, -0.2) is 17.5 Å². The maximum Gasteiger partial charge on any atom is 0.240 e. The lowest BCUT2D eigenvalue weighted by molar-refractivity contribution is 0.307. The second-order valence-corrected chi connectivity index (χ2v) is 7.59. The Bertz CT molecular complexity index is 1010. The molecule has 0 atom stereocenters. The summed E-state index contributed by atoms with van der Waals surface area (Å²) in [7, 11) is -3.58. The van der Waals surface area contributed by atoms with Crippen LogP contribution in [0, 0.1) is 12.7 Å². The van der Waals surface area contributed by atoms with Crippen molar-refractivity contribution in [3.63, 3.8) is 0 Å². The SMILES string of the molecule is Cc1cccc(S(=O)(=O)NCCOc2ccc(-c3ccc(F)cc3)nn2)c1. The molecular weight excluding hydrogens is 369 g/mol. The number of benzene rings is 2. The first-order valence-electron chi connectivity index (χ1n) is 8.23. The Hall–Kier alpha value is -2.84. The van der Waals surface area contributed by atoms with Gasteiger partial charge in [-0.15, -0.1) is 10.2 Å². The van der Waals surface area contributed by atoms with Crippen molar-refractivity contribution in [2.45, 2.75) is 11.8 Å². The number of ether oxygens (including phenoxy) is 1. The van der Waals surface area contributed by atoms with Crippen LogP contribution in [0.4, 0.5) is 4.39 Å². The fraction of sp³-hybridized carbons (Fsp3) is 0.158. The smallest absolute Gasteiger partial charge is 0.240 e. The summed E-state index contributed by atoms with van der Waals surface area (Å²) >= 11 is 0. The zero-order valence-electron chi connectivity index (χ0n) is 14.6. The average Bonchev–Trinajstić information content (AvgIpc) is 2.66. The number of sulfonamides is 1. The minimum Gasteiger partial charge on any atom is -0.475 e. The monoisotopic (exact) mass is 387 g/mol. The van der Waals surface area contributed by atoms with E-state index < -0.39 is 10.0 Å². The molecular formula is C19H18FN3O3S. The summed E-state index contributed by atoms with van der Waals surface area (Å²) in [6.45, 7) is 2.03. The molecule has 0 fully saturated rings. The number of aryl methyl sites for hydroxylation is 1. The highest BCUT2D eigenvalue weighted by atomic mass is 32.2. The molecule has 0 amide bonds. The second-order valence-electron chi connectivity index (χ2n) is 5.83. The number of hydrogen-bond acceptors (Lipinski definition) is 5. The molecule has 1 heterocycles. The molecule has 2 aromatic carbocycles. The van der Waals surface area contributed by atoms with Crippen LogP contribution < -0.4 is 9.46 Å². The fourth-order valence-corrected chi connectivity index (χ4v) is 3.49. The highest BCUT2D eigenvalue weighted by Gasteiger charge is 2.13. The van der Waals surface area contributed by atoms with E-state index in [1.165, 1.54) is 18.2 Å². The largest absolute Gasteiger partial charge is 0.475 e. The van der Waals surface area contributed by atoms with Crippen LogP contribution in [-0.2, 0) is 10.0 Å². The highest BCUT2D eigenvalue weighted by Crippen LogP contribution is 2.18. The van der Waals surface area contributed by atoms with E-state index in [1.54, 1.807) is 36.4 Å². The van der Waals surface area contributed by atoms with Crippen LogP contribution in [-0.4, -0.2) is 31.8 Å². The van der Waals surface area contributed by atoms with E-state index in [0.29, 0.717) is 5.69 Å². The molecule has 0 radical (unpaired) electrons. The van der Waals surface area contributed by atoms with Gasteiger partial charge in [-0.2, -0.15) is 0 Å². The molecule has 8 heteroatoms. The third-order valence-corrected chi connectivity index (χ3v) is 5.18. The number of aromatic nitrogens is 2. The first-order valence-corrected chi connectivity index (χ1v) is 9.71. The van der Waals surface area contributed by atoms with Crippen LogP contribution in [0.25, 0.3) is 11.3 Å². The quantitative estimate of drug-likeness (QED) is 0.631. The lowest BCUT2D eigenvalue weighted by Gasteiger charge is -2.08. The van der Waals surface area contributed by atoms with E-state index in [1.807, 2.05) is 13.0 Å². The molecule has 1 N–H and O–H groups in total. The summed E-state index contributed by atoms with van der Waals surface area (Å²) < 4.78 is 45.2. The lowest BCUT2D eigenvalue weighted by Crippen LogP contribution is -2.28. The number of rotatable bonds is 7. The molecule has 0 aliphatic carbocycles. The van der Waals surface area contributed by atoms with Crippen molar-refractivity contribution in [3.8, 4) is 17.1 Å². The maximum atomic E-state index is 12.9. The van der Waals surface area contributed by atoms with Gasteiger partial charge in [-0.3, -0.25) is 0 Å². The molecule has 140 valence electrons. The summed E-state index contributed by atoms with van der Waals surface area (Å²) in [5.74, 6) is -0.0459. The first kappa shape index (κ1) is 18.9. The van der Waals surface area contributed by atoms with Gasteiger partial charge in [0.05, 0.1) is 10.6 Å². The Morgan fingerprint density at radius 2 is 1.81 bits per heavy atom. The summed E-state index contributed by atoms with van der Waals surface area (Å²) in [6.07, 6.45) is 0. The summed E-state index contributed by atoms with van der Waals surface area (Å²) in [5.41, 5.74) is 2.19. The van der Waals surface area contributed by atoms with E-state index >= 15 is 0 Å². The van der Waals surface area contributed by atoms with E-state index in [0.717, 1.165) is 11.1 Å². The topological polar surface area (TPSA) is 81.2 Å². The van der Waals surface area contributed by atoms with Gasteiger partial charge < -0.3 is 4.74 Å². The zero-order valence-corrected chi connectivity index (χ0v) is 15.4. The molecule has 6 nitrogen and oxygen atoms in total. The van der Waals surface area contributed by atoms with Crippen molar-refractivity contribution >= 4 is 10.0 Å². The molecule has 0 spiro atoms. The lowest BCUT2D eigenvalue weighted by atomic mass is 10.1. The van der Waals surface area contributed by atoms with Gasteiger partial charge in [0, 0.05) is 18.2 Å². The molecule has 3 aromatic rings. The number of halogens is 1. The van der Waals surface area contributed by atoms with Crippen molar-refractivity contribution in [1.29, 1.82) is 0 Å². The molecule has 0 unspecified atom stereocenters. The van der Waals surface area contributed by atoms with Crippen LogP contribution in [0.3, 0.4) is 0 Å². The van der Waals surface area contributed by atoms with Crippen LogP contribution >= 0.6 is 0 Å². The van der Waals surface area contributed by atoms with Crippen LogP contribution in [0.5, 0.6) is 5.88 Å². The molecule has 3 rings (SSSR count). The van der Waals surface area contributed by atoms with E-state index in [4.69, 9.17) is 4.74 Å². The second kappa shape index (κ2) is 8.24. The predicted octanol–water partition coefficient (Wildman–Crippen LogP) is 2.95. The average molecular weight is 387 g/mol. The molecule has 0 bridgehead atoms. The third kappa shape index (κ3) is 5.08. The number of nitrogens with one attached hydrogen (secondary N) is 1. The first-order chi connectivity index (χ1) is 12.9. The minimum atomic E-state index is -3.58. The molecule has 1 aromatic heterocycles. The minimum absolute atomic E-state index is 0.0949. The van der Waals surface area contributed by atoms with Gasteiger partial charge in [-0.1, -0.05) is 12.1 Å². The number of nitrogens with zero attached hydrogens (tertiary/aromatic N) is 2. The number of hydrogen-bond donors (Lipinski definition) is 1. The Labute approximate surface area is 157 Å². The normalized spacial score (nSPS) is 11.3. The summed E-state index contributed by atoms with van der Waals surface area (Å²) in [4.78, 5) is 0.214. The van der Waals surface area contributed by atoms with Gasteiger partial charge in [0.2, 0.25) is 15.9 Å². The van der Waals surface area contributed by atoms with Gasteiger partial charge >= 0.3 is 0 Å². The molecule has 0 aliphatic heterocycles. The van der Waals surface area contributed by atoms with Crippen LogP contribution in [0.15, 0.2) is 65.6 Å². The van der Waals surface area contributed by atoms with Gasteiger partial charge in [0.25, 0.3) is 0 Å². The van der Waals surface area contributed by atoms with Crippen molar-refractivity contribution in [3.05, 3.63) is 72.0 Å². The van der Waals surface area contributed by atoms with Crippen LogP contribution in [0.1, 0.15) is 5.56 Å². The Kier molecular flexibility index (Phi) is 5.78. The zero-order chi connectivity index (χ0) is 19.3. The highest BCUT2D eigenvalue weighted by molar-refractivity contribution is 7.89. The molecule has 0 saturated heterocycles. The van der Waals surface area contributed by atoms with Gasteiger partial charge in [0.15, 0.2) is 0 Å². The van der Waals surface area contributed by atoms with Crippen LogP contribution in [0.2, 0.25) is 0 Å². The van der Waals surface area contributed by atoms with Crippen molar-refractivity contribution in [1.82, 2.24) is 14.9 Å². The summed E-state index contributed by atoms with van der Waals surface area (Å²) in [5, 5.41) is 7.97. The fourth-order valence-electron chi connectivity index (χ4n) is 2.37. The Balaban J connectivity index is 1.52. The van der Waals surface area contributed by atoms with Gasteiger partial charge in [0.1, 0.15) is 12.4 Å². The van der Waals surface area contributed by atoms with Gasteiger partial charge in [-0.05, 0) is 55.0 Å². The van der Waals surface area contributed by atoms with E-state index in [2.05, 4.69) is 14.9 Å². The van der Waals surface area contributed by atoms with E-state index in [-0.39, 0.29) is 29.7 Å². The Morgan fingerprint density at radius 1 is 1.04 bits per heavy atom. The van der Waals surface area contributed by atoms with Crippen molar-refractivity contribution in [2.24, 2.45) is 0 Å². The molecule has 0 aliphatic rings. The van der Waals surface area contributed by atoms with Crippen molar-refractivity contribution < 1.29 is 17.5 Å². The molecule has 0 saturated carbocycles. The summed E-state index contributed by atoms with van der Waals surface area (Å²) in [6, 6.07) is 15.9. The standard InChI is InChI=1S/C19H18FN3O3S/c1-14-3-2-4-17(13-14)27(24,25)21-11-12-26-19-10-9-18(22-23-19)15-5-7-16(20)8-6-15/h2-10,13,21H,11-12H2,1H3. The Morgan fingerprint density at radius 3 is 2.48 bits per heavy atom. The van der Waals surface area contributed by atoms with Crippen molar-refractivity contribution in [2.75, 3.05) is 13.2 Å². The van der Waals surface area contributed by atoms with E-state index in [9.17, 15) is 12.8 Å². The molecule has 27 heavy (non-hydrogen) atoms.